The minimum atomic E-state index is -5.91. The number of benzene rings is 2. The van der Waals surface area contributed by atoms with Gasteiger partial charge >= 0.3 is 18.3 Å². The van der Waals surface area contributed by atoms with E-state index in [1.165, 1.54) is 4.90 Å². The molecule has 2 aromatic rings. The van der Waals surface area contributed by atoms with Crippen LogP contribution in [0.2, 0.25) is 0 Å². The summed E-state index contributed by atoms with van der Waals surface area (Å²) in [5, 5.41) is 9.29. The van der Waals surface area contributed by atoms with Gasteiger partial charge in [0.2, 0.25) is 5.91 Å². The van der Waals surface area contributed by atoms with E-state index in [1.54, 1.807) is 0 Å². The molecule has 2 saturated carbocycles. The number of likely N-dealkylation sites (tertiary alicyclic amines) is 1. The number of halogens is 7. The van der Waals surface area contributed by atoms with Crippen molar-refractivity contribution in [2.24, 2.45) is 17.8 Å². The number of carbonyl (C=O) groups is 2. The van der Waals surface area contributed by atoms with Crippen LogP contribution in [0.5, 0.6) is 0 Å². The fourth-order valence-electron chi connectivity index (χ4n) is 6.91. The quantitative estimate of drug-likeness (QED) is 0.230. The number of alkyl halides is 6. The highest BCUT2D eigenvalue weighted by Gasteiger charge is 2.73. The van der Waals surface area contributed by atoms with Gasteiger partial charge in [-0.1, -0.05) is 30.7 Å². The summed E-state index contributed by atoms with van der Waals surface area (Å²) in [6.07, 6.45) is -9.50. The van der Waals surface area contributed by atoms with Crippen LogP contribution in [-0.4, -0.2) is 62.3 Å². The molecule has 2 aromatic carbocycles. The molecule has 1 N–H and O–H groups in total. The van der Waals surface area contributed by atoms with Crippen molar-refractivity contribution < 1.29 is 58.6 Å². The number of hydrogen-bond donors (Lipinski definition) is 1. The van der Waals surface area contributed by atoms with E-state index in [1.807, 2.05) is 0 Å². The average molecular weight is 694 g/mol. The number of amides is 1. The molecule has 1 saturated heterocycles. The smallest absolute Gasteiger partial charge is 0.430 e. The summed E-state index contributed by atoms with van der Waals surface area (Å²) < 4.78 is 131. The maximum atomic E-state index is 14.4. The molecule has 7 nitrogen and oxygen atoms in total. The number of hydrogen-bond acceptors (Lipinski definition) is 5. The van der Waals surface area contributed by atoms with Crippen molar-refractivity contribution >= 4 is 21.7 Å². The van der Waals surface area contributed by atoms with Crippen LogP contribution < -0.4 is 0 Å². The molecule has 5 rings (SSSR count). The summed E-state index contributed by atoms with van der Waals surface area (Å²) in [6.45, 7) is -1.33. The van der Waals surface area contributed by atoms with Gasteiger partial charge in [-0.15, -0.1) is 0 Å². The first-order chi connectivity index (χ1) is 21.9. The van der Waals surface area contributed by atoms with E-state index in [0.29, 0.717) is 31.4 Å². The van der Waals surface area contributed by atoms with Crippen LogP contribution in [0.4, 0.5) is 30.7 Å². The fourth-order valence-corrected chi connectivity index (χ4v) is 8.99. The summed E-state index contributed by atoms with van der Waals surface area (Å²) in [5.41, 5.74) is -6.08. The van der Waals surface area contributed by atoms with Gasteiger partial charge in [-0.25, -0.2) is 12.8 Å². The number of nitrogens with zero attached hydrogens (tertiary/aromatic N) is 1. The van der Waals surface area contributed by atoms with Crippen LogP contribution in [-0.2, 0) is 34.5 Å². The second-order valence-electron chi connectivity index (χ2n) is 12.7. The Morgan fingerprint density at radius 2 is 1.40 bits per heavy atom. The number of carbonyl (C=O) groups excluding carboxylic acids is 1. The van der Waals surface area contributed by atoms with Gasteiger partial charge in [-0.3, -0.25) is 9.59 Å². The van der Waals surface area contributed by atoms with E-state index in [0.717, 1.165) is 36.4 Å². The summed E-state index contributed by atoms with van der Waals surface area (Å²) in [4.78, 5) is 25.8. The molecule has 1 aliphatic heterocycles. The Hall–Kier alpha value is -3.20. The van der Waals surface area contributed by atoms with Crippen molar-refractivity contribution in [3.05, 3.63) is 65.5 Å². The second-order valence-corrected chi connectivity index (χ2v) is 15.0. The van der Waals surface area contributed by atoms with Crippen molar-refractivity contribution in [1.29, 1.82) is 0 Å². The highest BCUT2D eigenvalue weighted by atomic mass is 32.2. The normalized spacial score (nSPS) is 24.6. The van der Waals surface area contributed by atoms with Crippen LogP contribution in [0.25, 0.3) is 0 Å². The third-order valence-electron chi connectivity index (χ3n) is 9.98. The molecule has 0 bridgehead atoms. The molecule has 1 amide bonds. The largest absolute Gasteiger partial charge is 0.481 e. The molecule has 1 atom stereocenters. The predicted octanol–water partition coefficient (Wildman–Crippen LogP) is 6.75. The predicted molar refractivity (Wildman–Crippen MR) is 153 cm³/mol. The van der Waals surface area contributed by atoms with E-state index in [2.05, 4.69) is 0 Å². The van der Waals surface area contributed by atoms with E-state index in [-0.39, 0.29) is 49.1 Å². The molecule has 15 heteroatoms. The van der Waals surface area contributed by atoms with Crippen molar-refractivity contribution in [2.75, 3.05) is 19.7 Å². The third-order valence-corrected chi connectivity index (χ3v) is 12.5. The first-order valence-electron chi connectivity index (χ1n) is 15.3. The summed E-state index contributed by atoms with van der Waals surface area (Å²) in [6, 6.07) is 6.73. The lowest BCUT2D eigenvalue weighted by Gasteiger charge is -2.39. The van der Waals surface area contributed by atoms with Gasteiger partial charge in [-0.05, 0) is 80.7 Å². The third kappa shape index (κ3) is 6.25. The Morgan fingerprint density at radius 3 is 1.89 bits per heavy atom. The van der Waals surface area contributed by atoms with Crippen LogP contribution in [0.15, 0.2) is 53.4 Å². The van der Waals surface area contributed by atoms with Crippen LogP contribution >= 0.6 is 0 Å². The van der Waals surface area contributed by atoms with Crippen molar-refractivity contribution in [1.82, 2.24) is 4.90 Å². The Bertz CT molecular complexity index is 1550. The SMILES string of the molecule is O=C(O)C1CCC(C(=O)N2CC[C@](c3ccc(C(OCC4CCC4)(C(F)(F)F)C(F)(F)F)cc3)(S(=O)(=O)c3ccc(F)cc3)C2)CC1. The zero-order valence-electron chi connectivity index (χ0n) is 25.1. The summed E-state index contributed by atoms with van der Waals surface area (Å²) >= 11 is 0. The van der Waals surface area contributed by atoms with Crippen molar-refractivity contribution in [3.63, 3.8) is 0 Å². The van der Waals surface area contributed by atoms with Crippen molar-refractivity contribution in [2.45, 2.75) is 79.0 Å². The molecule has 0 spiro atoms. The molecule has 3 fully saturated rings. The molecule has 47 heavy (non-hydrogen) atoms. The fraction of sp³-hybridized carbons (Fsp3) is 0.562. The van der Waals surface area contributed by atoms with E-state index in [4.69, 9.17) is 4.74 Å². The van der Waals surface area contributed by atoms with Crippen molar-refractivity contribution in [3.8, 4) is 0 Å². The van der Waals surface area contributed by atoms with Gasteiger partial charge in [0, 0.05) is 24.6 Å². The van der Waals surface area contributed by atoms with Gasteiger partial charge in [0.25, 0.3) is 5.60 Å². The highest BCUT2D eigenvalue weighted by molar-refractivity contribution is 7.92. The minimum Gasteiger partial charge on any atom is -0.481 e. The van der Waals surface area contributed by atoms with Crippen LogP contribution in [0, 0.1) is 23.6 Å². The standard InChI is InChI=1S/C32H34F7NO6S/c33-25-12-14-26(15-13-25)47(44,45)29(16-17-40(19-29)27(41)21-4-6-22(7-5-21)28(42)43)23-8-10-24(11-9-23)30(31(34,35)36,32(37,38)39)46-18-20-2-1-3-20/h8-15,20-22H,1-7,16-19H2,(H,42,43)/t21?,22?,29-/m0/s1. The lowest BCUT2D eigenvalue weighted by molar-refractivity contribution is -0.392. The first kappa shape index (κ1) is 35.1. The number of ether oxygens (including phenoxy) is 1. The summed E-state index contributed by atoms with van der Waals surface area (Å²) in [5.74, 6) is -3.77. The number of carboxylic acid groups (broad SMARTS) is 1. The molecule has 2 aliphatic carbocycles. The Labute approximate surface area is 267 Å². The molecular weight excluding hydrogens is 659 g/mol. The van der Waals surface area contributed by atoms with Gasteiger partial charge in [-0.2, -0.15) is 26.3 Å². The van der Waals surface area contributed by atoms with E-state index >= 15 is 0 Å². The Kier molecular flexibility index (Phi) is 9.47. The van der Waals surface area contributed by atoms with E-state index in [9.17, 15) is 53.8 Å². The first-order valence-corrected chi connectivity index (χ1v) is 16.8. The molecule has 1 heterocycles. The van der Waals surface area contributed by atoms with E-state index < -0.39 is 86.7 Å². The number of sulfone groups is 1. The van der Waals surface area contributed by atoms with Crippen LogP contribution in [0.1, 0.15) is 62.5 Å². The molecule has 0 radical (unpaired) electrons. The molecular formula is C32H34F7NO6S. The van der Waals surface area contributed by atoms with Gasteiger partial charge in [0.15, 0.2) is 9.84 Å². The number of aliphatic carboxylic acids is 1. The zero-order valence-corrected chi connectivity index (χ0v) is 25.9. The highest BCUT2D eigenvalue weighted by Crippen LogP contribution is 2.54. The molecule has 3 aliphatic rings. The Morgan fingerprint density at radius 1 is 0.851 bits per heavy atom. The molecule has 0 aromatic heterocycles. The van der Waals surface area contributed by atoms with Gasteiger partial charge in [0.05, 0.1) is 17.4 Å². The second kappa shape index (κ2) is 12.7. The number of rotatable bonds is 9. The number of carboxylic acids is 1. The van der Waals surface area contributed by atoms with Gasteiger partial charge in [0.1, 0.15) is 10.6 Å². The molecule has 258 valence electrons. The Balaban J connectivity index is 1.53. The maximum absolute atomic E-state index is 14.4. The maximum Gasteiger partial charge on any atom is 0.430 e. The lowest BCUT2D eigenvalue weighted by atomic mass is 9.81. The summed E-state index contributed by atoms with van der Waals surface area (Å²) in [7, 11) is -4.52. The minimum absolute atomic E-state index is 0.0978. The average Bonchev–Trinajstić information content (AvgIpc) is 3.45. The molecule has 0 unspecified atom stereocenters. The monoisotopic (exact) mass is 693 g/mol. The lowest BCUT2D eigenvalue weighted by Crippen LogP contribution is -2.56. The van der Waals surface area contributed by atoms with Crippen LogP contribution in [0.3, 0.4) is 0 Å². The van der Waals surface area contributed by atoms with Gasteiger partial charge < -0.3 is 14.7 Å². The topological polar surface area (TPSA) is 101 Å². The zero-order chi connectivity index (χ0) is 34.4.